The van der Waals surface area contributed by atoms with Gasteiger partial charge >= 0.3 is 0 Å². The molecule has 0 bridgehead atoms. The van der Waals surface area contributed by atoms with Crippen LogP contribution in [0.4, 0.5) is 0 Å². The maximum Gasteiger partial charge on any atom is 0.0192 e. The zero-order chi connectivity index (χ0) is 10.8. The van der Waals surface area contributed by atoms with E-state index in [1.165, 1.54) is 38.5 Å². The van der Waals surface area contributed by atoms with Gasteiger partial charge in [-0.3, -0.25) is 0 Å². The Kier molecular flexibility index (Phi) is 9.42. The van der Waals surface area contributed by atoms with Crippen molar-refractivity contribution in [1.82, 2.24) is 0 Å². The molecule has 2 heteroatoms. The molecule has 0 heterocycles. The molecular formula is C12H28N2. The lowest BCUT2D eigenvalue weighted by Crippen LogP contribution is -2.43. The van der Waals surface area contributed by atoms with Gasteiger partial charge in [0.1, 0.15) is 0 Å². The van der Waals surface area contributed by atoms with Crippen LogP contribution >= 0.6 is 0 Å². The molecule has 2 unspecified atom stereocenters. The average Bonchev–Trinajstić information content (AvgIpc) is 2.20. The Balaban J connectivity index is 0.000000255. The normalized spacial score (nSPS) is 26.6. The first kappa shape index (κ1) is 13.9. The van der Waals surface area contributed by atoms with E-state index in [4.69, 9.17) is 11.5 Å². The molecule has 1 rings (SSSR count). The van der Waals surface area contributed by atoms with E-state index in [0.29, 0.717) is 0 Å². The van der Waals surface area contributed by atoms with Crippen LogP contribution in [0.5, 0.6) is 0 Å². The van der Waals surface area contributed by atoms with E-state index in [2.05, 4.69) is 13.8 Å². The summed E-state index contributed by atoms with van der Waals surface area (Å²) in [4.78, 5) is 0. The van der Waals surface area contributed by atoms with Crippen molar-refractivity contribution in [3.8, 4) is 0 Å². The Morgan fingerprint density at radius 1 is 0.857 bits per heavy atom. The first-order valence-corrected chi connectivity index (χ1v) is 6.23. The molecule has 1 fully saturated rings. The smallest absolute Gasteiger partial charge is 0.0192 e. The van der Waals surface area contributed by atoms with Gasteiger partial charge in [-0.05, 0) is 12.8 Å². The molecule has 0 aromatic carbocycles. The van der Waals surface area contributed by atoms with E-state index in [-0.39, 0.29) is 12.1 Å². The van der Waals surface area contributed by atoms with E-state index in [1.807, 2.05) is 0 Å². The summed E-state index contributed by atoms with van der Waals surface area (Å²) in [6.45, 7) is 4.46. The second-order valence-electron chi connectivity index (χ2n) is 4.32. The SMILES string of the molecule is CCCCCC.NC1CCCCC1N. The third-order valence-corrected chi connectivity index (χ3v) is 2.83. The summed E-state index contributed by atoms with van der Waals surface area (Å²) in [6, 6.07) is 0.562. The van der Waals surface area contributed by atoms with Crippen LogP contribution < -0.4 is 11.5 Å². The largest absolute Gasteiger partial charge is 0.326 e. The van der Waals surface area contributed by atoms with Gasteiger partial charge in [-0.15, -0.1) is 0 Å². The van der Waals surface area contributed by atoms with Crippen LogP contribution in [0.15, 0.2) is 0 Å². The van der Waals surface area contributed by atoms with Gasteiger partial charge in [0, 0.05) is 12.1 Å². The van der Waals surface area contributed by atoms with Gasteiger partial charge in [0.2, 0.25) is 0 Å². The van der Waals surface area contributed by atoms with Gasteiger partial charge < -0.3 is 11.5 Å². The van der Waals surface area contributed by atoms with Crippen LogP contribution in [0.25, 0.3) is 0 Å². The number of hydrogen-bond donors (Lipinski definition) is 2. The zero-order valence-corrected chi connectivity index (χ0v) is 9.97. The maximum atomic E-state index is 5.65. The van der Waals surface area contributed by atoms with Gasteiger partial charge in [-0.2, -0.15) is 0 Å². The Morgan fingerprint density at radius 3 is 1.43 bits per heavy atom. The third-order valence-electron chi connectivity index (χ3n) is 2.83. The quantitative estimate of drug-likeness (QED) is 0.688. The monoisotopic (exact) mass is 200 g/mol. The fourth-order valence-corrected chi connectivity index (χ4v) is 1.69. The molecule has 0 aromatic rings. The summed E-state index contributed by atoms with van der Waals surface area (Å²) in [5.41, 5.74) is 11.3. The lowest BCUT2D eigenvalue weighted by molar-refractivity contribution is 0.385. The Hall–Kier alpha value is -0.0800. The van der Waals surface area contributed by atoms with E-state index >= 15 is 0 Å². The Bertz CT molecular complexity index is 101. The predicted molar refractivity (Wildman–Crippen MR) is 64.2 cm³/mol. The molecule has 14 heavy (non-hydrogen) atoms. The molecule has 2 nitrogen and oxygen atoms in total. The fourth-order valence-electron chi connectivity index (χ4n) is 1.69. The number of unbranched alkanes of at least 4 members (excludes halogenated alkanes) is 3. The van der Waals surface area contributed by atoms with E-state index < -0.39 is 0 Å². The average molecular weight is 200 g/mol. The molecular weight excluding hydrogens is 172 g/mol. The van der Waals surface area contributed by atoms with Crippen molar-refractivity contribution in [2.75, 3.05) is 0 Å². The highest BCUT2D eigenvalue weighted by Crippen LogP contribution is 2.14. The first-order chi connectivity index (χ1) is 6.72. The molecule has 2 atom stereocenters. The molecule has 0 aliphatic heterocycles. The van der Waals surface area contributed by atoms with Crippen LogP contribution in [-0.2, 0) is 0 Å². The van der Waals surface area contributed by atoms with Crippen LogP contribution in [-0.4, -0.2) is 12.1 Å². The first-order valence-electron chi connectivity index (χ1n) is 6.23. The molecule has 0 spiro atoms. The van der Waals surface area contributed by atoms with E-state index in [9.17, 15) is 0 Å². The van der Waals surface area contributed by atoms with Crippen molar-refractivity contribution in [2.24, 2.45) is 11.5 Å². The van der Waals surface area contributed by atoms with Crippen molar-refractivity contribution in [3.05, 3.63) is 0 Å². The molecule has 86 valence electrons. The van der Waals surface area contributed by atoms with Crippen LogP contribution in [0.2, 0.25) is 0 Å². The van der Waals surface area contributed by atoms with Crippen molar-refractivity contribution >= 4 is 0 Å². The summed E-state index contributed by atoms with van der Waals surface area (Å²) >= 11 is 0. The molecule has 1 aliphatic rings. The minimum atomic E-state index is 0.281. The summed E-state index contributed by atoms with van der Waals surface area (Å²) in [5, 5.41) is 0. The Morgan fingerprint density at radius 2 is 1.21 bits per heavy atom. The number of rotatable bonds is 3. The summed E-state index contributed by atoms with van der Waals surface area (Å²) in [7, 11) is 0. The van der Waals surface area contributed by atoms with Gasteiger partial charge in [0.05, 0.1) is 0 Å². The van der Waals surface area contributed by atoms with Crippen LogP contribution in [0, 0.1) is 0 Å². The molecule has 0 amide bonds. The predicted octanol–water partition coefficient (Wildman–Crippen LogP) is 2.80. The van der Waals surface area contributed by atoms with Crippen molar-refractivity contribution < 1.29 is 0 Å². The highest BCUT2D eigenvalue weighted by atomic mass is 14.8. The lowest BCUT2D eigenvalue weighted by atomic mass is 9.92. The second-order valence-corrected chi connectivity index (χ2v) is 4.32. The van der Waals surface area contributed by atoms with Crippen LogP contribution in [0.3, 0.4) is 0 Å². The number of hydrogen-bond acceptors (Lipinski definition) is 2. The number of nitrogens with two attached hydrogens (primary N) is 2. The fraction of sp³-hybridized carbons (Fsp3) is 1.00. The van der Waals surface area contributed by atoms with E-state index in [1.54, 1.807) is 0 Å². The second kappa shape index (κ2) is 9.47. The maximum absolute atomic E-state index is 5.65. The van der Waals surface area contributed by atoms with Gasteiger partial charge in [0.25, 0.3) is 0 Å². The molecule has 0 radical (unpaired) electrons. The van der Waals surface area contributed by atoms with Crippen molar-refractivity contribution in [3.63, 3.8) is 0 Å². The van der Waals surface area contributed by atoms with Crippen molar-refractivity contribution in [1.29, 1.82) is 0 Å². The summed E-state index contributed by atoms with van der Waals surface area (Å²) in [5.74, 6) is 0. The molecule has 4 N–H and O–H groups in total. The van der Waals surface area contributed by atoms with Gasteiger partial charge in [-0.1, -0.05) is 52.4 Å². The Labute approximate surface area is 89.4 Å². The molecule has 1 saturated carbocycles. The molecule has 0 aromatic heterocycles. The highest BCUT2D eigenvalue weighted by Gasteiger charge is 2.16. The zero-order valence-electron chi connectivity index (χ0n) is 9.97. The van der Waals surface area contributed by atoms with Crippen LogP contribution in [0.1, 0.15) is 65.2 Å². The molecule has 0 saturated heterocycles. The van der Waals surface area contributed by atoms with Crippen molar-refractivity contribution in [2.45, 2.75) is 77.3 Å². The minimum Gasteiger partial charge on any atom is -0.326 e. The lowest BCUT2D eigenvalue weighted by Gasteiger charge is -2.24. The van der Waals surface area contributed by atoms with E-state index in [0.717, 1.165) is 12.8 Å². The highest BCUT2D eigenvalue weighted by molar-refractivity contribution is 4.79. The topological polar surface area (TPSA) is 52.0 Å². The standard InChI is InChI=1S/C6H14N2.C6H14/c7-5-3-1-2-4-6(5)8;1-3-5-6-4-2/h5-6H,1-4,7-8H2;3-6H2,1-2H3. The van der Waals surface area contributed by atoms with Gasteiger partial charge in [0.15, 0.2) is 0 Å². The third kappa shape index (κ3) is 7.34. The summed E-state index contributed by atoms with van der Waals surface area (Å²) < 4.78 is 0. The van der Waals surface area contributed by atoms with Gasteiger partial charge in [-0.25, -0.2) is 0 Å². The molecule has 1 aliphatic carbocycles. The summed E-state index contributed by atoms with van der Waals surface area (Å²) in [6.07, 6.45) is 10.3. The minimum absolute atomic E-state index is 0.281.